The minimum absolute atomic E-state index is 0.00156. The van der Waals surface area contributed by atoms with Crippen molar-refractivity contribution in [1.82, 2.24) is 14.8 Å². The van der Waals surface area contributed by atoms with Crippen molar-refractivity contribution in [2.75, 3.05) is 14.2 Å². The molecule has 0 aliphatic heterocycles. The maximum Gasteiger partial charge on any atom is 0.336 e. The van der Waals surface area contributed by atoms with Gasteiger partial charge in [0, 0.05) is 11.5 Å². The maximum atomic E-state index is 12.9. The predicted octanol–water partition coefficient (Wildman–Crippen LogP) is 3.18. The second kappa shape index (κ2) is 6.81. The van der Waals surface area contributed by atoms with Gasteiger partial charge in [0.25, 0.3) is 5.91 Å². The van der Waals surface area contributed by atoms with Crippen LogP contribution in [0.5, 0.6) is 11.8 Å². The number of aromatic nitrogens is 3. The summed E-state index contributed by atoms with van der Waals surface area (Å²) in [6, 6.07) is 7.65. The van der Waals surface area contributed by atoms with Crippen molar-refractivity contribution in [2.24, 2.45) is 5.92 Å². The van der Waals surface area contributed by atoms with Crippen molar-refractivity contribution in [3.8, 4) is 23.1 Å². The molecule has 1 aliphatic carbocycles. The topological polar surface area (TPSA) is 66.2 Å². The number of carbonyl (C=O) groups is 1. The van der Waals surface area contributed by atoms with Gasteiger partial charge in [0.1, 0.15) is 5.75 Å². The minimum atomic E-state index is -0.00156. The third-order valence-electron chi connectivity index (χ3n) is 4.26. The monoisotopic (exact) mass is 315 g/mol. The number of methoxy groups -OCH3 is 2. The van der Waals surface area contributed by atoms with E-state index in [0.717, 1.165) is 31.2 Å². The largest absolute Gasteiger partial charge is 0.497 e. The van der Waals surface area contributed by atoms with Gasteiger partial charge in [-0.25, -0.2) is 0 Å². The van der Waals surface area contributed by atoms with Crippen LogP contribution in [0.3, 0.4) is 0 Å². The lowest BCUT2D eigenvalue weighted by Gasteiger charge is -2.20. The fraction of sp³-hybridized carbons (Fsp3) is 0.471. The highest BCUT2D eigenvalue weighted by atomic mass is 16.5. The predicted molar refractivity (Wildman–Crippen MR) is 85.8 cm³/mol. The van der Waals surface area contributed by atoms with Gasteiger partial charge >= 0.3 is 6.01 Å². The molecule has 122 valence electrons. The highest BCUT2D eigenvalue weighted by Gasteiger charge is 2.27. The van der Waals surface area contributed by atoms with E-state index in [4.69, 9.17) is 9.47 Å². The fourth-order valence-electron chi connectivity index (χ4n) is 3.00. The Hall–Kier alpha value is -2.37. The van der Waals surface area contributed by atoms with E-state index in [1.165, 1.54) is 18.2 Å². The summed E-state index contributed by atoms with van der Waals surface area (Å²) in [5, 5.41) is 4.23. The molecule has 1 heterocycles. The summed E-state index contributed by atoms with van der Waals surface area (Å²) in [6.07, 6.45) is 5.22. The number of carbonyl (C=O) groups excluding carboxylic acids is 1. The molecule has 1 saturated carbocycles. The van der Waals surface area contributed by atoms with Gasteiger partial charge in [-0.2, -0.15) is 9.67 Å². The first kappa shape index (κ1) is 15.5. The van der Waals surface area contributed by atoms with Crippen molar-refractivity contribution in [1.29, 1.82) is 0 Å². The second-order valence-corrected chi connectivity index (χ2v) is 5.74. The summed E-state index contributed by atoms with van der Waals surface area (Å²) >= 11 is 0. The molecule has 1 fully saturated rings. The molecule has 3 rings (SSSR count). The summed E-state index contributed by atoms with van der Waals surface area (Å²) in [7, 11) is 3.11. The highest BCUT2D eigenvalue weighted by molar-refractivity contribution is 5.84. The third kappa shape index (κ3) is 3.21. The van der Waals surface area contributed by atoms with Gasteiger partial charge in [-0.15, -0.1) is 5.10 Å². The Bertz CT molecular complexity index is 690. The number of nitrogens with zero attached hydrogens (tertiary/aromatic N) is 3. The summed E-state index contributed by atoms with van der Waals surface area (Å²) < 4.78 is 11.8. The van der Waals surface area contributed by atoms with E-state index in [1.54, 1.807) is 7.11 Å². The van der Waals surface area contributed by atoms with Crippen LogP contribution in [0.1, 0.15) is 36.9 Å². The van der Waals surface area contributed by atoms with Crippen molar-refractivity contribution in [3.63, 3.8) is 0 Å². The molecule has 1 aromatic carbocycles. The number of hydrogen-bond donors (Lipinski definition) is 0. The van der Waals surface area contributed by atoms with Gasteiger partial charge < -0.3 is 9.47 Å². The van der Waals surface area contributed by atoms with Gasteiger partial charge in [-0.3, -0.25) is 4.79 Å². The standard InChI is InChI=1S/C17H21N3O3/c1-22-14-10-6-9-13(11-14)15-18-17(23-2)19-20(15)16(21)12-7-4-3-5-8-12/h6,9-12H,3-5,7-8H2,1-2H3. The molecule has 0 atom stereocenters. The molecule has 6 heteroatoms. The number of hydrogen-bond acceptors (Lipinski definition) is 5. The molecule has 1 aromatic heterocycles. The molecule has 1 aliphatic rings. The molecular weight excluding hydrogens is 294 g/mol. The molecular formula is C17H21N3O3. The van der Waals surface area contributed by atoms with E-state index in [0.29, 0.717) is 11.6 Å². The van der Waals surface area contributed by atoms with E-state index in [2.05, 4.69) is 10.1 Å². The first-order valence-corrected chi connectivity index (χ1v) is 7.92. The lowest BCUT2D eigenvalue weighted by molar-refractivity contribution is 0.0785. The summed E-state index contributed by atoms with van der Waals surface area (Å²) in [5.74, 6) is 1.22. The van der Waals surface area contributed by atoms with Gasteiger partial charge in [-0.1, -0.05) is 31.4 Å². The summed E-state index contributed by atoms with van der Waals surface area (Å²) in [5.41, 5.74) is 0.782. The molecule has 0 bridgehead atoms. The average molecular weight is 315 g/mol. The van der Waals surface area contributed by atoms with E-state index >= 15 is 0 Å². The van der Waals surface area contributed by atoms with Crippen LogP contribution >= 0.6 is 0 Å². The number of ether oxygens (including phenoxy) is 2. The molecule has 0 spiro atoms. The van der Waals surface area contributed by atoms with E-state index in [-0.39, 0.29) is 17.8 Å². The Morgan fingerprint density at radius 1 is 1.17 bits per heavy atom. The zero-order valence-corrected chi connectivity index (χ0v) is 13.5. The smallest absolute Gasteiger partial charge is 0.336 e. The van der Waals surface area contributed by atoms with E-state index < -0.39 is 0 Å². The Balaban J connectivity index is 1.99. The average Bonchev–Trinajstić information content (AvgIpc) is 3.06. The molecule has 0 saturated heterocycles. The Morgan fingerprint density at radius 2 is 1.96 bits per heavy atom. The summed E-state index contributed by atoms with van der Waals surface area (Å²) in [4.78, 5) is 17.2. The zero-order chi connectivity index (χ0) is 16.2. The van der Waals surface area contributed by atoms with Crippen LogP contribution in [-0.4, -0.2) is 34.9 Å². The minimum Gasteiger partial charge on any atom is -0.497 e. The van der Waals surface area contributed by atoms with Gasteiger partial charge in [-0.05, 0) is 25.0 Å². The van der Waals surface area contributed by atoms with Crippen LogP contribution in [-0.2, 0) is 0 Å². The molecule has 23 heavy (non-hydrogen) atoms. The van der Waals surface area contributed by atoms with Crippen LogP contribution in [0.2, 0.25) is 0 Å². The molecule has 0 radical (unpaired) electrons. The van der Waals surface area contributed by atoms with Crippen LogP contribution in [0.15, 0.2) is 24.3 Å². The lowest BCUT2D eigenvalue weighted by atomic mass is 9.88. The van der Waals surface area contributed by atoms with Crippen LogP contribution in [0.25, 0.3) is 11.4 Å². The quantitative estimate of drug-likeness (QED) is 0.867. The molecule has 0 amide bonds. The third-order valence-corrected chi connectivity index (χ3v) is 4.26. The van der Waals surface area contributed by atoms with Gasteiger partial charge in [0.15, 0.2) is 5.82 Å². The maximum absolute atomic E-state index is 12.9. The number of benzene rings is 1. The first-order valence-electron chi connectivity index (χ1n) is 7.92. The van der Waals surface area contributed by atoms with Crippen LogP contribution in [0.4, 0.5) is 0 Å². The van der Waals surface area contributed by atoms with Crippen LogP contribution in [0, 0.1) is 5.92 Å². The first-order chi connectivity index (χ1) is 11.2. The van der Waals surface area contributed by atoms with Crippen molar-refractivity contribution >= 4 is 5.91 Å². The molecule has 2 aromatic rings. The van der Waals surface area contributed by atoms with E-state index in [9.17, 15) is 4.79 Å². The zero-order valence-electron chi connectivity index (χ0n) is 13.5. The molecule has 6 nitrogen and oxygen atoms in total. The second-order valence-electron chi connectivity index (χ2n) is 5.74. The summed E-state index contributed by atoms with van der Waals surface area (Å²) in [6.45, 7) is 0. The normalized spacial score (nSPS) is 15.4. The fourth-order valence-corrected chi connectivity index (χ4v) is 3.00. The Morgan fingerprint density at radius 3 is 2.65 bits per heavy atom. The molecule has 0 N–H and O–H groups in total. The Kier molecular flexibility index (Phi) is 4.60. The SMILES string of the molecule is COc1cccc(-c2nc(OC)nn2C(=O)C2CCCCC2)c1. The van der Waals surface area contributed by atoms with Gasteiger partial charge in [0.05, 0.1) is 14.2 Å². The van der Waals surface area contributed by atoms with Crippen LogP contribution < -0.4 is 9.47 Å². The van der Waals surface area contributed by atoms with Crippen molar-refractivity contribution < 1.29 is 14.3 Å². The van der Waals surface area contributed by atoms with E-state index in [1.807, 2.05) is 24.3 Å². The highest BCUT2D eigenvalue weighted by Crippen LogP contribution is 2.29. The van der Waals surface area contributed by atoms with Crippen molar-refractivity contribution in [3.05, 3.63) is 24.3 Å². The lowest BCUT2D eigenvalue weighted by Crippen LogP contribution is -2.25. The molecule has 0 unspecified atom stereocenters. The van der Waals surface area contributed by atoms with Crippen molar-refractivity contribution in [2.45, 2.75) is 32.1 Å². The van der Waals surface area contributed by atoms with Gasteiger partial charge in [0.2, 0.25) is 0 Å². The number of rotatable bonds is 4. The Labute approximate surface area is 135 Å².